The van der Waals surface area contributed by atoms with Crippen LogP contribution in [0.3, 0.4) is 0 Å². The average molecular weight is 279 g/mol. The van der Waals surface area contributed by atoms with Crippen molar-refractivity contribution in [1.82, 2.24) is 4.98 Å². The summed E-state index contributed by atoms with van der Waals surface area (Å²) in [5, 5.41) is 2.73. The molecule has 0 aliphatic rings. The summed E-state index contributed by atoms with van der Waals surface area (Å²) in [4.78, 5) is 3.57. The number of para-hydroxylation sites is 1. The lowest BCUT2D eigenvalue weighted by molar-refractivity contribution is 0.535. The summed E-state index contributed by atoms with van der Waals surface area (Å²) in [6, 6.07) is 13.2. The molecule has 0 aliphatic carbocycles. The quantitative estimate of drug-likeness (QED) is 0.526. The standard InChI is InChI=1S/C20H25N/c1-19(2,3)14-11-12-16-17(18(14)20(4,5)6)13-9-7-8-10-15(13)21-16/h7-12,21H,1-6H3. The van der Waals surface area contributed by atoms with Gasteiger partial charge in [0, 0.05) is 21.8 Å². The Morgan fingerprint density at radius 3 is 2.00 bits per heavy atom. The van der Waals surface area contributed by atoms with Crippen LogP contribution < -0.4 is 0 Å². The van der Waals surface area contributed by atoms with Gasteiger partial charge in [0.1, 0.15) is 0 Å². The van der Waals surface area contributed by atoms with Crippen LogP contribution >= 0.6 is 0 Å². The van der Waals surface area contributed by atoms with Crippen molar-refractivity contribution in [2.75, 3.05) is 0 Å². The Bertz CT molecular complexity index is 807. The predicted molar refractivity (Wildman–Crippen MR) is 93.2 cm³/mol. The lowest BCUT2D eigenvalue weighted by Gasteiger charge is -2.31. The molecule has 1 nitrogen and oxygen atoms in total. The second-order valence-corrected chi connectivity index (χ2v) is 8.08. The lowest BCUT2D eigenvalue weighted by Crippen LogP contribution is -2.22. The van der Waals surface area contributed by atoms with E-state index in [9.17, 15) is 0 Å². The van der Waals surface area contributed by atoms with Crippen LogP contribution in [0.5, 0.6) is 0 Å². The number of nitrogens with one attached hydrogen (secondary N) is 1. The van der Waals surface area contributed by atoms with E-state index in [0.29, 0.717) is 0 Å². The fraction of sp³-hybridized carbons (Fsp3) is 0.400. The summed E-state index contributed by atoms with van der Waals surface area (Å²) in [5.74, 6) is 0. The second kappa shape index (κ2) is 4.37. The molecule has 3 aromatic rings. The van der Waals surface area contributed by atoms with Gasteiger partial charge >= 0.3 is 0 Å². The normalized spacial score (nSPS) is 13.2. The maximum atomic E-state index is 3.57. The highest BCUT2D eigenvalue weighted by molar-refractivity contribution is 6.09. The highest BCUT2D eigenvalue weighted by Crippen LogP contribution is 2.41. The van der Waals surface area contributed by atoms with Crippen LogP contribution in [0.1, 0.15) is 52.7 Å². The van der Waals surface area contributed by atoms with E-state index in [1.165, 1.54) is 32.9 Å². The first kappa shape index (κ1) is 14.2. The number of H-pyrrole nitrogens is 1. The minimum Gasteiger partial charge on any atom is -0.355 e. The highest BCUT2D eigenvalue weighted by atomic mass is 14.7. The Kier molecular flexibility index (Phi) is 2.95. The van der Waals surface area contributed by atoms with Gasteiger partial charge < -0.3 is 4.98 Å². The molecular weight excluding hydrogens is 254 g/mol. The number of hydrogen-bond donors (Lipinski definition) is 1. The molecule has 21 heavy (non-hydrogen) atoms. The van der Waals surface area contributed by atoms with Crippen molar-refractivity contribution in [3.05, 3.63) is 47.5 Å². The maximum Gasteiger partial charge on any atom is 0.0468 e. The monoisotopic (exact) mass is 279 g/mol. The fourth-order valence-electron chi connectivity index (χ4n) is 3.35. The van der Waals surface area contributed by atoms with E-state index in [-0.39, 0.29) is 10.8 Å². The Morgan fingerprint density at radius 2 is 1.38 bits per heavy atom. The number of aromatic nitrogens is 1. The molecular formula is C20H25N. The fourth-order valence-corrected chi connectivity index (χ4v) is 3.35. The van der Waals surface area contributed by atoms with Gasteiger partial charge in [-0.15, -0.1) is 0 Å². The van der Waals surface area contributed by atoms with Gasteiger partial charge in [-0.2, -0.15) is 0 Å². The molecule has 0 radical (unpaired) electrons. The molecule has 0 amide bonds. The third kappa shape index (κ3) is 2.25. The van der Waals surface area contributed by atoms with Crippen LogP contribution in [0, 0.1) is 0 Å². The van der Waals surface area contributed by atoms with Crippen molar-refractivity contribution in [2.45, 2.75) is 52.4 Å². The van der Waals surface area contributed by atoms with Crippen molar-refractivity contribution in [3.8, 4) is 0 Å². The van der Waals surface area contributed by atoms with Crippen molar-refractivity contribution in [2.24, 2.45) is 0 Å². The Hall–Kier alpha value is -1.76. The minimum atomic E-state index is 0.118. The van der Waals surface area contributed by atoms with E-state index in [2.05, 4.69) is 82.9 Å². The molecule has 0 spiro atoms. The maximum absolute atomic E-state index is 3.57. The average Bonchev–Trinajstić information content (AvgIpc) is 2.73. The van der Waals surface area contributed by atoms with Crippen molar-refractivity contribution >= 4 is 21.8 Å². The zero-order chi connectivity index (χ0) is 15.4. The third-order valence-corrected chi connectivity index (χ3v) is 4.23. The van der Waals surface area contributed by atoms with Crippen LogP contribution in [0.2, 0.25) is 0 Å². The second-order valence-electron chi connectivity index (χ2n) is 8.08. The van der Waals surface area contributed by atoms with Crippen molar-refractivity contribution in [1.29, 1.82) is 0 Å². The molecule has 0 aliphatic heterocycles. The van der Waals surface area contributed by atoms with Crippen LogP contribution in [-0.2, 0) is 10.8 Å². The SMILES string of the molecule is CC(C)(C)c1ccc2[nH]c3ccccc3c2c1C(C)(C)C. The van der Waals surface area contributed by atoms with E-state index >= 15 is 0 Å². The summed E-state index contributed by atoms with van der Waals surface area (Å²) >= 11 is 0. The third-order valence-electron chi connectivity index (χ3n) is 4.23. The molecule has 0 fully saturated rings. The lowest BCUT2D eigenvalue weighted by atomic mass is 9.73. The Morgan fingerprint density at radius 1 is 0.714 bits per heavy atom. The number of aromatic amines is 1. The Balaban J connectivity index is 2.55. The molecule has 1 heterocycles. The molecule has 3 rings (SSSR count). The molecule has 0 saturated heterocycles. The largest absolute Gasteiger partial charge is 0.355 e. The van der Waals surface area contributed by atoms with E-state index < -0.39 is 0 Å². The number of hydrogen-bond acceptors (Lipinski definition) is 0. The van der Waals surface area contributed by atoms with Crippen molar-refractivity contribution < 1.29 is 0 Å². The van der Waals surface area contributed by atoms with Gasteiger partial charge in [-0.1, -0.05) is 65.8 Å². The van der Waals surface area contributed by atoms with Gasteiger partial charge in [-0.25, -0.2) is 0 Å². The van der Waals surface area contributed by atoms with Crippen molar-refractivity contribution in [3.63, 3.8) is 0 Å². The molecule has 1 aromatic heterocycles. The minimum absolute atomic E-state index is 0.118. The summed E-state index contributed by atoms with van der Waals surface area (Å²) in [5.41, 5.74) is 5.66. The molecule has 0 atom stereocenters. The molecule has 1 heteroatoms. The number of rotatable bonds is 0. The molecule has 2 aromatic carbocycles. The zero-order valence-corrected chi connectivity index (χ0v) is 14.0. The zero-order valence-electron chi connectivity index (χ0n) is 14.0. The molecule has 110 valence electrons. The van der Waals surface area contributed by atoms with Gasteiger partial charge in [-0.3, -0.25) is 0 Å². The van der Waals surface area contributed by atoms with Gasteiger partial charge in [0.15, 0.2) is 0 Å². The molecule has 0 bridgehead atoms. The predicted octanol–water partition coefficient (Wildman–Crippen LogP) is 5.92. The topological polar surface area (TPSA) is 15.8 Å². The number of benzene rings is 2. The summed E-state index contributed by atoms with van der Waals surface area (Å²) in [7, 11) is 0. The van der Waals surface area contributed by atoms with E-state index in [1.54, 1.807) is 0 Å². The first-order valence-corrected chi connectivity index (χ1v) is 7.74. The van der Waals surface area contributed by atoms with Crippen LogP contribution in [0.4, 0.5) is 0 Å². The van der Waals surface area contributed by atoms with Crippen LogP contribution in [0.25, 0.3) is 21.8 Å². The number of fused-ring (bicyclic) bond motifs is 3. The smallest absolute Gasteiger partial charge is 0.0468 e. The van der Waals surface area contributed by atoms with Gasteiger partial charge in [0.05, 0.1) is 0 Å². The summed E-state index contributed by atoms with van der Waals surface area (Å²) in [6.07, 6.45) is 0. The van der Waals surface area contributed by atoms with E-state index in [0.717, 1.165) is 0 Å². The molecule has 0 saturated carbocycles. The highest BCUT2D eigenvalue weighted by Gasteiger charge is 2.28. The first-order valence-electron chi connectivity index (χ1n) is 7.74. The van der Waals surface area contributed by atoms with Crippen LogP contribution in [0.15, 0.2) is 36.4 Å². The summed E-state index contributed by atoms with van der Waals surface area (Å²) < 4.78 is 0. The molecule has 1 N–H and O–H groups in total. The van der Waals surface area contributed by atoms with Gasteiger partial charge in [0.25, 0.3) is 0 Å². The first-order chi connectivity index (χ1) is 9.69. The Labute approximate surface area is 127 Å². The summed E-state index contributed by atoms with van der Waals surface area (Å²) in [6.45, 7) is 13.9. The molecule has 0 unspecified atom stereocenters. The van der Waals surface area contributed by atoms with Gasteiger partial charge in [-0.05, 0) is 34.1 Å². The van der Waals surface area contributed by atoms with Gasteiger partial charge in [0.2, 0.25) is 0 Å². The van der Waals surface area contributed by atoms with Crippen LogP contribution in [-0.4, -0.2) is 4.98 Å². The van der Waals surface area contributed by atoms with E-state index in [1.807, 2.05) is 0 Å². The van der Waals surface area contributed by atoms with E-state index in [4.69, 9.17) is 0 Å².